The standard InChI is InChI=1S/C9H14FN2O8PS/c10-6-7(14)11-9(15)12(8(6)22)5-1-3(13)4(20-5)2-19-21(16,17)18/h3-6,8,13,22H,1-2H2,(H,11,14,15)(H2,16,17,18)/t3-,4+,5+,6-,8-/m0/s1. The summed E-state index contributed by atoms with van der Waals surface area (Å²) in [7, 11) is -4.74. The first kappa shape index (κ1) is 17.6. The van der Waals surface area contributed by atoms with Crippen molar-refractivity contribution in [2.24, 2.45) is 0 Å². The van der Waals surface area contributed by atoms with Gasteiger partial charge in [-0.1, -0.05) is 0 Å². The molecule has 0 bridgehead atoms. The maximum Gasteiger partial charge on any atom is 0.469 e. The van der Waals surface area contributed by atoms with Crippen molar-refractivity contribution in [1.29, 1.82) is 0 Å². The van der Waals surface area contributed by atoms with Gasteiger partial charge in [0.05, 0.1) is 12.7 Å². The van der Waals surface area contributed by atoms with Crippen LogP contribution in [0.4, 0.5) is 9.18 Å². The molecule has 0 unspecified atom stereocenters. The van der Waals surface area contributed by atoms with Crippen LogP contribution in [0.15, 0.2) is 0 Å². The van der Waals surface area contributed by atoms with Crippen LogP contribution in [0.1, 0.15) is 6.42 Å². The molecular formula is C9H14FN2O8PS. The van der Waals surface area contributed by atoms with Gasteiger partial charge in [-0.3, -0.25) is 19.5 Å². The van der Waals surface area contributed by atoms with Crippen LogP contribution in [0, 0.1) is 0 Å². The molecule has 0 radical (unpaired) electrons. The number of imide groups is 1. The molecule has 10 nitrogen and oxygen atoms in total. The number of hydrogen-bond donors (Lipinski definition) is 5. The van der Waals surface area contributed by atoms with E-state index in [2.05, 4.69) is 17.2 Å². The normalized spacial score (nSPS) is 36.6. The van der Waals surface area contributed by atoms with E-state index in [0.29, 0.717) is 0 Å². The molecule has 0 aliphatic carbocycles. The molecule has 126 valence electrons. The number of alkyl halides is 1. The Morgan fingerprint density at radius 3 is 2.73 bits per heavy atom. The van der Waals surface area contributed by atoms with Gasteiger partial charge >= 0.3 is 13.9 Å². The molecule has 2 heterocycles. The van der Waals surface area contributed by atoms with Crippen LogP contribution >= 0.6 is 20.5 Å². The second kappa shape index (κ2) is 6.40. The number of halogens is 1. The topological polar surface area (TPSA) is 146 Å². The number of hydrogen-bond acceptors (Lipinski definition) is 7. The fraction of sp³-hybridized carbons (Fsp3) is 0.778. The number of phosphoric acid groups is 1. The Hall–Kier alpha value is -0.750. The number of aliphatic hydroxyl groups excluding tert-OH is 1. The van der Waals surface area contributed by atoms with Crippen LogP contribution in [0.25, 0.3) is 0 Å². The van der Waals surface area contributed by atoms with Gasteiger partial charge in [-0.2, -0.15) is 12.6 Å². The molecule has 3 amide bonds. The zero-order chi connectivity index (χ0) is 16.7. The molecule has 0 spiro atoms. The lowest BCUT2D eigenvalue weighted by Crippen LogP contribution is -2.62. The maximum atomic E-state index is 13.6. The smallest absolute Gasteiger partial charge is 0.390 e. The summed E-state index contributed by atoms with van der Waals surface area (Å²) in [6.45, 7) is -0.618. The molecule has 13 heteroatoms. The molecule has 2 saturated heterocycles. The van der Waals surface area contributed by atoms with Gasteiger partial charge in [-0.05, 0) is 0 Å². The summed E-state index contributed by atoms with van der Waals surface area (Å²) in [4.78, 5) is 40.9. The van der Waals surface area contributed by atoms with Crippen molar-refractivity contribution in [3.05, 3.63) is 0 Å². The minimum absolute atomic E-state index is 0.152. The summed E-state index contributed by atoms with van der Waals surface area (Å²) >= 11 is 3.85. The molecule has 2 aliphatic rings. The number of thiol groups is 1. The predicted octanol–water partition coefficient (Wildman–Crippen LogP) is -1.28. The van der Waals surface area contributed by atoms with E-state index < -0.39 is 56.3 Å². The van der Waals surface area contributed by atoms with E-state index in [9.17, 15) is 23.7 Å². The van der Waals surface area contributed by atoms with E-state index in [1.54, 1.807) is 5.32 Å². The number of urea groups is 1. The highest BCUT2D eigenvalue weighted by atomic mass is 32.1. The Morgan fingerprint density at radius 1 is 1.50 bits per heavy atom. The highest BCUT2D eigenvalue weighted by Gasteiger charge is 2.48. The van der Waals surface area contributed by atoms with E-state index in [1.807, 2.05) is 0 Å². The lowest BCUT2D eigenvalue weighted by Gasteiger charge is -2.37. The second-order valence-electron chi connectivity index (χ2n) is 4.74. The molecule has 4 N–H and O–H groups in total. The van der Waals surface area contributed by atoms with Gasteiger partial charge in [0.1, 0.15) is 17.7 Å². The summed E-state index contributed by atoms with van der Waals surface area (Å²) in [5.74, 6) is -1.12. The summed E-state index contributed by atoms with van der Waals surface area (Å²) in [5, 5.41) is 10.2. The van der Waals surface area contributed by atoms with Gasteiger partial charge in [-0.15, -0.1) is 0 Å². The maximum absolute atomic E-state index is 13.6. The monoisotopic (exact) mass is 360 g/mol. The Bertz CT molecular complexity index is 518. The molecular weight excluding hydrogens is 346 g/mol. The molecule has 2 aliphatic heterocycles. The summed E-state index contributed by atoms with van der Waals surface area (Å²) < 4.78 is 33.7. The zero-order valence-corrected chi connectivity index (χ0v) is 12.7. The largest absolute Gasteiger partial charge is 0.469 e. The lowest BCUT2D eigenvalue weighted by atomic mass is 10.1. The molecule has 2 rings (SSSR count). The molecule has 0 aromatic carbocycles. The molecule has 5 atom stereocenters. The average Bonchev–Trinajstić information content (AvgIpc) is 2.74. The minimum Gasteiger partial charge on any atom is -0.390 e. The summed E-state index contributed by atoms with van der Waals surface area (Å²) in [6.07, 6.45) is -5.66. The third kappa shape index (κ3) is 3.77. The van der Waals surface area contributed by atoms with Gasteiger partial charge in [0.25, 0.3) is 5.91 Å². The first-order valence-corrected chi connectivity index (χ1v) is 8.13. The predicted molar refractivity (Wildman–Crippen MR) is 70.3 cm³/mol. The van der Waals surface area contributed by atoms with Crippen LogP contribution < -0.4 is 5.32 Å². The quantitative estimate of drug-likeness (QED) is 0.308. The van der Waals surface area contributed by atoms with Crippen LogP contribution in [0.5, 0.6) is 0 Å². The van der Waals surface area contributed by atoms with Crippen molar-refractivity contribution < 1.29 is 42.7 Å². The number of amides is 3. The van der Waals surface area contributed by atoms with Gasteiger partial charge in [0, 0.05) is 6.42 Å². The van der Waals surface area contributed by atoms with Crippen molar-refractivity contribution in [3.63, 3.8) is 0 Å². The Kier molecular flexibility index (Phi) is 5.12. The second-order valence-corrected chi connectivity index (χ2v) is 6.50. The third-order valence-corrected chi connectivity index (χ3v) is 4.18. The number of nitrogens with zero attached hydrogens (tertiary/aromatic N) is 1. The van der Waals surface area contributed by atoms with E-state index in [-0.39, 0.29) is 6.42 Å². The number of ether oxygens (including phenoxy) is 1. The van der Waals surface area contributed by atoms with E-state index in [4.69, 9.17) is 14.5 Å². The average molecular weight is 360 g/mol. The van der Waals surface area contributed by atoms with Crippen molar-refractivity contribution in [2.45, 2.75) is 36.4 Å². The van der Waals surface area contributed by atoms with Crippen LogP contribution in [0.3, 0.4) is 0 Å². The minimum atomic E-state index is -4.74. The van der Waals surface area contributed by atoms with E-state index in [0.717, 1.165) is 4.90 Å². The van der Waals surface area contributed by atoms with E-state index >= 15 is 0 Å². The highest BCUT2D eigenvalue weighted by Crippen LogP contribution is 2.37. The molecule has 0 aromatic heterocycles. The fourth-order valence-corrected chi connectivity index (χ4v) is 2.87. The molecule has 2 fully saturated rings. The van der Waals surface area contributed by atoms with Gasteiger partial charge < -0.3 is 19.6 Å². The van der Waals surface area contributed by atoms with E-state index in [1.165, 1.54) is 0 Å². The molecule has 0 saturated carbocycles. The number of phosphoric ester groups is 1. The van der Waals surface area contributed by atoms with Crippen LogP contribution in [-0.4, -0.2) is 68.3 Å². The van der Waals surface area contributed by atoms with Gasteiger partial charge in [0.15, 0.2) is 0 Å². The lowest BCUT2D eigenvalue weighted by molar-refractivity contribution is -0.131. The third-order valence-electron chi connectivity index (χ3n) is 3.18. The number of rotatable bonds is 4. The van der Waals surface area contributed by atoms with Crippen molar-refractivity contribution in [3.8, 4) is 0 Å². The van der Waals surface area contributed by atoms with Crippen molar-refractivity contribution in [1.82, 2.24) is 10.2 Å². The Balaban J connectivity index is 2.03. The summed E-state index contributed by atoms with van der Waals surface area (Å²) in [5.41, 5.74) is 0. The molecule has 22 heavy (non-hydrogen) atoms. The van der Waals surface area contributed by atoms with Crippen molar-refractivity contribution in [2.75, 3.05) is 6.61 Å². The molecule has 0 aromatic rings. The highest BCUT2D eigenvalue weighted by molar-refractivity contribution is 7.81. The number of aliphatic hydroxyl groups is 1. The van der Waals surface area contributed by atoms with Crippen LogP contribution in [0.2, 0.25) is 0 Å². The first-order chi connectivity index (χ1) is 10.1. The first-order valence-electron chi connectivity index (χ1n) is 6.09. The van der Waals surface area contributed by atoms with Crippen LogP contribution in [-0.2, 0) is 18.6 Å². The van der Waals surface area contributed by atoms with Crippen molar-refractivity contribution >= 4 is 32.4 Å². The fourth-order valence-electron chi connectivity index (χ4n) is 2.14. The Morgan fingerprint density at radius 2 is 2.14 bits per heavy atom. The Labute approximate surface area is 129 Å². The number of carbonyl (C=O) groups excluding carboxylic acids is 2. The van der Waals surface area contributed by atoms with Gasteiger partial charge in [0.2, 0.25) is 6.17 Å². The SMILES string of the molecule is O=C1NC(=O)N([C@H]2C[C@H](O)[C@@H](COP(=O)(O)O)O2)[C@@H](S)[C@H]1F. The zero-order valence-electron chi connectivity index (χ0n) is 10.9. The van der Waals surface area contributed by atoms with Gasteiger partial charge in [-0.25, -0.2) is 13.8 Å². The number of nitrogens with one attached hydrogen (secondary N) is 1. The number of carbonyl (C=O) groups is 2. The summed E-state index contributed by atoms with van der Waals surface area (Å²) in [6, 6.07) is -0.937.